The number of benzene rings is 2. The third kappa shape index (κ3) is 7.15. The second-order valence-electron chi connectivity index (χ2n) is 10.6. The highest BCUT2D eigenvalue weighted by molar-refractivity contribution is 7.80. The molecule has 0 N–H and O–H groups in total. The van der Waals surface area contributed by atoms with Gasteiger partial charge in [0.05, 0.1) is 24.8 Å². The van der Waals surface area contributed by atoms with E-state index in [-0.39, 0.29) is 32.3 Å². The molecular weight excluding hydrogens is 634 g/mol. The fraction of sp³-hybridized carbons (Fsp3) is 0.467. The smallest absolute Gasteiger partial charge is 0.362 e. The number of nitrogens with zero attached hydrogens (tertiary/aromatic N) is 4. The molecule has 4 atom stereocenters. The van der Waals surface area contributed by atoms with E-state index in [1.807, 2.05) is 29.2 Å². The summed E-state index contributed by atoms with van der Waals surface area (Å²) >= 11 is 17.3. The van der Waals surface area contributed by atoms with Crippen LogP contribution >= 0.6 is 35.8 Å². The van der Waals surface area contributed by atoms with E-state index < -0.39 is 29.7 Å². The minimum absolute atomic E-state index is 0.0603. The van der Waals surface area contributed by atoms with Crippen LogP contribution in [0.15, 0.2) is 54.9 Å². The number of esters is 1. The van der Waals surface area contributed by atoms with Crippen molar-refractivity contribution in [2.45, 2.75) is 37.5 Å². The van der Waals surface area contributed by atoms with E-state index in [0.29, 0.717) is 34.4 Å². The highest BCUT2D eigenvalue weighted by Gasteiger charge is 2.48. The number of amides is 1. The molecule has 0 bridgehead atoms. The minimum Gasteiger partial charge on any atom is -0.491 e. The summed E-state index contributed by atoms with van der Waals surface area (Å²) in [6.45, 7) is 6.68. The maximum absolute atomic E-state index is 14.8. The predicted molar refractivity (Wildman–Crippen MR) is 167 cm³/mol. The fourth-order valence-electron chi connectivity index (χ4n) is 5.36. The van der Waals surface area contributed by atoms with E-state index in [1.165, 1.54) is 6.20 Å². The normalized spacial score (nSPS) is 24.1. The third-order valence-electron chi connectivity index (χ3n) is 7.69. The molecule has 0 saturated carbocycles. The Kier molecular flexibility index (Phi) is 10.4. The molecule has 14 heteroatoms. The van der Waals surface area contributed by atoms with Crippen molar-refractivity contribution in [3.63, 3.8) is 0 Å². The van der Waals surface area contributed by atoms with Crippen LogP contribution in [-0.4, -0.2) is 97.0 Å². The Hall–Kier alpha value is -2.90. The lowest BCUT2D eigenvalue weighted by Gasteiger charge is -2.37. The largest absolute Gasteiger partial charge is 0.491 e. The van der Waals surface area contributed by atoms with Crippen molar-refractivity contribution in [3.05, 3.63) is 70.5 Å². The first kappa shape index (κ1) is 32.5. The SMILES string of the molecule is CCOC(=O)C(F)N1C=CN(C[C@]2(c3ccc(Cl)cc3Cl)OC[C@H](COc3ccc(N4CCN(C(C)=O)CC4)cc3)O2)C1S. The number of piperazine rings is 1. The zero-order valence-corrected chi connectivity index (χ0v) is 26.8. The molecule has 0 aliphatic carbocycles. The summed E-state index contributed by atoms with van der Waals surface area (Å²) in [5.74, 6) is -1.59. The Bertz CT molecular complexity index is 1370. The average molecular weight is 670 g/mol. The number of hydrogen-bond donors (Lipinski definition) is 1. The lowest BCUT2D eigenvalue weighted by atomic mass is 10.1. The topological polar surface area (TPSA) is 84.0 Å². The van der Waals surface area contributed by atoms with Crippen molar-refractivity contribution in [3.8, 4) is 5.75 Å². The van der Waals surface area contributed by atoms with Crippen molar-refractivity contribution in [2.24, 2.45) is 0 Å². The molecule has 10 nitrogen and oxygen atoms in total. The van der Waals surface area contributed by atoms with Gasteiger partial charge in [0, 0.05) is 61.8 Å². The number of hydrogen-bond acceptors (Lipinski definition) is 10. The van der Waals surface area contributed by atoms with E-state index in [0.717, 1.165) is 23.7 Å². The van der Waals surface area contributed by atoms with Gasteiger partial charge in [-0.1, -0.05) is 29.3 Å². The molecule has 238 valence electrons. The number of thiol groups is 1. The highest BCUT2D eigenvalue weighted by Crippen LogP contribution is 2.41. The van der Waals surface area contributed by atoms with Gasteiger partial charge in [-0.2, -0.15) is 0 Å². The number of ether oxygens (including phenoxy) is 4. The van der Waals surface area contributed by atoms with E-state index in [2.05, 4.69) is 17.5 Å². The molecule has 2 saturated heterocycles. The molecule has 1 amide bonds. The van der Waals surface area contributed by atoms with Gasteiger partial charge >= 0.3 is 5.97 Å². The number of carbonyl (C=O) groups is 2. The monoisotopic (exact) mass is 668 g/mol. The van der Waals surface area contributed by atoms with Crippen LogP contribution in [0, 0.1) is 0 Å². The van der Waals surface area contributed by atoms with E-state index >= 15 is 0 Å². The van der Waals surface area contributed by atoms with Crippen LogP contribution in [0.2, 0.25) is 10.0 Å². The Morgan fingerprint density at radius 3 is 2.50 bits per heavy atom. The number of carbonyl (C=O) groups excluding carboxylic acids is 2. The molecule has 0 aromatic heterocycles. The molecular formula is C30H35Cl2FN4O6S. The van der Waals surface area contributed by atoms with Crippen molar-refractivity contribution < 1.29 is 32.9 Å². The molecule has 3 aliphatic heterocycles. The molecule has 0 radical (unpaired) electrons. The maximum Gasteiger partial charge on any atom is 0.362 e. The summed E-state index contributed by atoms with van der Waals surface area (Å²) in [4.78, 5) is 30.5. The molecule has 5 rings (SSSR count). The third-order valence-corrected chi connectivity index (χ3v) is 8.80. The molecule has 0 spiro atoms. The van der Waals surface area contributed by atoms with Crippen LogP contribution in [0.25, 0.3) is 0 Å². The van der Waals surface area contributed by atoms with Crippen molar-refractivity contribution in [2.75, 3.05) is 57.4 Å². The number of halogens is 3. The minimum atomic E-state index is -2.03. The van der Waals surface area contributed by atoms with E-state index in [4.69, 9.17) is 42.1 Å². The Morgan fingerprint density at radius 2 is 1.84 bits per heavy atom. The van der Waals surface area contributed by atoms with Crippen LogP contribution < -0.4 is 9.64 Å². The second kappa shape index (κ2) is 14.0. The summed E-state index contributed by atoms with van der Waals surface area (Å²) < 4.78 is 38.5. The lowest BCUT2D eigenvalue weighted by molar-refractivity contribution is -0.190. The van der Waals surface area contributed by atoms with Crippen LogP contribution in [0.4, 0.5) is 10.1 Å². The van der Waals surface area contributed by atoms with Gasteiger partial charge in [0.2, 0.25) is 11.7 Å². The van der Waals surface area contributed by atoms with Gasteiger partial charge in [0.25, 0.3) is 6.30 Å². The van der Waals surface area contributed by atoms with E-state index in [1.54, 1.807) is 43.1 Å². The van der Waals surface area contributed by atoms with Crippen molar-refractivity contribution >= 4 is 53.4 Å². The fourth-order valence-corrected chi connectivity index (χ4v) is 6.27. The quantitative estimate of drug-likeness (QED) is 0.224. The van der Waals surface area contributed by atoms with Crippen LogP contribution in [0.3, 0.4) is 0 Å². The number of alkyl halides is 1. The Morgan fingerprint density at radius 1 is 1.11 bits per heavy atom. The summed E-state index contributed by atoms with van der Waals surface area (Å²) in [5, 5.41) is 0.786. The first-order valence-electron chi connectivity index (χ1n) is 14.3. The van der Waals surface area contributed by atoms with Crippen LogP contribution in [-0.2, 0) is 29.6 Å². The van der Waals surface area contributed by atoms with Gasteiger partial charge in [-0.15, -0.1) is 12.6 Å². The Labute approximate surface area is 271 Å². The molecule has 2 unspecified atom stereocenters. The van der Waals surface area contributed by atoms with Crippen molar-refractivity contribution in [1.82, 2.24) is 14.7 Å². The Balaban J connectivity index is 1.24. The summed E-state index contributed by atoms with van der Waals surface area (Å²) in [7, 11) is 0. The summed E-state index contributed by atoms with van der Waals surface area (Å²) in [5.41, 5.74) is 0.753. The van der Waals surface area contributed by atoms with Crippen molar-refractivity contribution in [1.29, 1.82) is 0 Å². The predicted octanol–water partition coefficient (Wildman–Crippen LogP) is 4.47. The first-order valence-corrected chi connectivity index (χ1v) is 15.6. The maximum atomic E-state index is 14.8. The van der Waals surface area contributed by atoms with E-state index in [9.17, 15) is 14.0 Å². The van der Waals surface area contributed by atoms with Crippen LogP contribution in [0.1, 0.15) is 19.4 Å². The second-order valence-corrected chi connectivity index (χ2v) is 11.9. The molecule has 3 aliphatic rings. The van der Waals surface area contributed by atoms with Gasteiger partial charge in [-0.05, 0) is 43.3 Å². The first-order chi connectivity index (χ1) is 21.1. The van der Waals surface area contributed by atoms with Gasteiger partial charge in [-0.25, -0.2) is 9.18 Å². The standard InChI is InChI=1S/C30H35Cl2FN4O6S/c1-3-40-28(39)27(33)37-15-14-36(29(37)44)19-30(25-9-4-21(31)16-26(25)32)42-18-24(43-30)17-41-23-7-5-22(6-8-23)35-12-10-34(11-13-35)20(2)38/h4-9,14-16,24,27,29,44H,3,10-13,17-19H2,1-2H3/t24-,27?,29?,30-/m0/s1. The molecule has 2 aromatic rings. The van der Waals surface area contributed by atoms with Gasteiger partial charge in [0.15, 0.2) is 0 Å². The molecule has 3 heterocycles. The zero-order chi connectivity index (χ0) is 31.4. The van der Waals surface area contributed by atoms with Crippen LogP contribution in [0.5, 0.6) is 5.75 Å². The summed E-state index contributed by atoms with van der Waals surface area (Å²) in [6, 6.07) is 12.8. The number of anilines is 1. The van der Waals surface area contributed by atoms with Gasteiger partial charge in [0.1, 0.15) is 24.0 Å². The molecule has 44 heavy (non-hydrogen) atoms. The lowest BCUT2D eigenvalue weighted by Crippen LogP contribution is -2.48. The highest BCUT2D eigenvalue weighted by atomic mass is 35.5. The van der Waals surface area contributed by atoms with Gasteiger partial charge < -0.3 is 38.5 Å². The number of rotatable bonds is 10. The average Bonchev–Trinajstić information content (AvgIpc) is 3.59. The summed E-state index contributed by atoms with van der Waals surface area (Å²) in [6.07, 6.45) is 0.541. The zero-order valence-electron chi connectivity index (χ0n) is 24.4. The molecule has 2 fully saturated rings. The molecule has 2 aromatic carbocycles. The van der Waals surface area contributed by atoms with Gasteiger partial charge in [-0.3, -0.25) is 4.79 Å².